The molecular formula is C10H19N3O4S. The molecule has 0 spiro atoms. The van der Waals surface area contributed by atoms with Gasteiger partial charge in [0.2, 0.25) is 0 Å². The minimum absolute atomic E-state index is 0.0385. The van der Waals surface area contributed by atoms with Gasteiger partial charge in [-0.3, -0.25) is 4.79 Å². The Bertz CT molecular complexity index is 427. The molecule has 0 bridgehead atoms. The van der Waals surface area contributed by atoms with Crippen LogP contribution < -0.4 is 4.72 Å². The summed E-state index contributed by atoms with van der Waals surface area (Å²) in [5, 5.41) is 17.5. The lowest BCUT2D eigenvalue weighted by Crippen LogP contribution is -2.51. The van der Waals surface area contributed by atoms with Crippen LogP contribution in [0, 0.1) is 17.2 Å². The minimum Gasteiger partial charge on any atom is -0.480 e. The fraction of sp³-hybridized carbons (Fsp3) is 0.800. The van der Waals surface area contributed by atoms with Crippen molar-refractivity contribution in [2.75, 3.05) is 7.05 Å². The maximum absolute atomic E-state index is 11.9. The van der Waals surface area contributed by atoms with Crippen LogP contribution in [-0.4, -0.2) is 42.9 Å². The van der Waals surface area contributed by atoms with Crippen LogP contribution in [0.25, 0.3) is 0 Å². The Kier molecular flexibility index (Phi) is 6.25. The van der Waals surface area contributed by atoms with E-state index in [1.54, 1.807) is 20.8 Å². The monoisotopic (exact) mass is 277 g/mol. The van der Waals surface area contributed by atoms with Crippen LogP contribution in [0.15, 0.2) is 0 Å². The molecule has 7 nitrogen and oxygen atoms in total. The lowest BCUT2D eigenvalue weighted by Gasteiger charge is -2.26. The first kappa shape index (κ1) is 16.8. The van der Waals surface area contributed by atoms with Gasteiger partial charge in [-0.05, 0) is 12.8 Å². The highest BCUT2D eigenvalue weighted by molar-refractivity contribution is 7.87. The van der Waals surface area contributed by atoms with Gasteiger partial charge >= 0.3 is 5.97 Å². The number of aliphatic carboxylic acids is 1. The quantitative estimate of drug-likeness (QED) is 0.689. The van der Waals surface area contributed by atoms with Crippen LogP contribution in [0.5, 0.6) is 0 Å². The highest BCUT2D eigenvalue weighted by Crippen LogP contribution is 2.09. The summed E-state index contributed by atoms with van der Waals surface area (Å²) in [5.41, 5.74) is 0. The Morgan fingerprint density at radius 2 is 1.94 bits per heavy atom. The van der Waals surface area contributed by atoms with Gasteiger partial charge in [-0.15, -0.1) is 0 Å². The van der Waals surface area contributed by atoms with E-state index in [-0.39, 0.29) is 12.3 Å². The zero-order chi connectivity index (χ0) is 14.5. The van der Waals surface area contributed by atoms with Gasteiger partial charge in [-0.25, -0.2) is 0 Å². The van der Waals surface area contributed by atoms with Gasteiger partial charge in [0.1, 0.15) is 6.04 Å². The predicted octanol–water partition coefficient (Wildman–Crippen LogP) is 0.164. The summed E-state index contributed by atoms with van der Waals surface area (Å²) >= 11 is 0. The van der Waals surface area contributed by atoms with Crippen molar-refractivity contribution in [3.05, 3.63) is 0 Å². The molecule has 0 aliphatic carbocycles. The molecule has 2 atom stereocenters. The van der Waals surface area contributed by atoms with E-state index in [0.717, 1.165) is 4.31 Å². The highest BCUT2D eigenvalue weighted by Gasteiger charge is 2.31. The summed E-state index contributed by atoms with van der Waals surface area (Å²) < 4.78 is 26.9. The second kappa shape index (κ2) is 6.68. The Morgan fingerprint density at radius 3 is 2.28 bits per heavy atom. The van der Waals surface area contributed by atoms with Crippen molar-refractivity contribution in [3.8, 4) is 6.07 Å². The smallest absolute Gasteiger partial charge is 0.322 e. The van der Waals surface area contributed by atoms with Crippen LogP contribution in [0.4, 0.5) is 0 Å². The van der Waals surface area contributed by atoms with Gasteiger partial charge in [0, 0.05) is 13.1 Å². The van der Waals surface area contributed by atoms with Gasteiger partial charge in [-0.1, -0.05) is 13.8 Å². The molecule has 0 aliphatic rings. The standard InChI is InChI=1S/C10H19N3O4S/c1-7(2)9(10(14)15)12-18(16,17)13(4)8(3)5-6-11/h7-9,12H,5H2,1-4H3,(H,14,15). The van der Waals surface area contributed by atoms with E-state index in [9.17, 15) is 13.2 Å². The number of carboxylic acid groups (broad SMARTS) is 1. The lowest BCUT2D eigenvalue weighted by atomic mass is 10.1. The summed E-state index contributed by atoms with van der Waals surface area (Å²) in [6.07, 6.45) is 0.0385. The molecule has 0 radical (unpaired) electrons. The van der Waals surface area contributed by atoms with Gasteiger partial charge < -0.3 is 5.11 Å². The molecule has 2 unspecified atom stereocenters. The van der Waals surface area contributed by atoms with Crippen LogP contribution in [-0.2, 0) is 15.0 Å². The Balaban J connectivity index is 4.95. The average Bonchev–Trinajstić information content (AvgIpc) is 2.24. The summed E-state index contributed by atoms with van der Waals surface area (Å²) in [5.74, 6) is -1.60. The Hall–Kier alpha value is -1.17. The normalized spacial score (nSPS) is 15.4. The summed E-state index contributed by atoms with van der Waals surface area (Å²) in [7, 11) is -2.61. The Morgan fingerprint density at radius 1 is 1.44 bits per heavy atom. The van der Waals surface area contributed by atoms with Crippen molar-refractivity contribution < 1.29 is 18.3 Å². The predicted molar refractivity (Wildman–Crippen MR) is 65.8 cm³/mol. The number of hydrogen-bond donors (Lipinski definition) is 2. The molecule has 0 fully saturated rings. The first-order chi connectivity index (χ1) is 8.13. The number of carboxylic acids is 1. The molecule has 104 valence electrons. The molecule has 0 aromatic carbocycles. The molecule has 8 heteroatoms. The van der Waals surface area contributed by atoms with Crippen molar-refractivity contribution in [1.82, 2.24) is 9.03 Å². The topological polar surface area (TPSA) is 111 Å². The maximum atomic E-state index is 11.9. The fourth-order valence-corrected chi connectivity index (χ4v) is 2.62. The SMILES string of the molecule is CC(C)C(NS(=O)(=O)N(C)C(C)CC#N)C(=O)O. The molecule has 0 saturated carbocycles. The third-order valence-electron chi connectivity index (χ3n) is 2.60. The highest BCUT2D eigenvalue weighted by atomic mass is 32.2. The molecule has 2 N–H and O–H groups in total. The van der Waals surface area contributed by atoms with Crippen molar-refractivity contribution in [2.45, 2.75) is 39.3 Å². The van der Waals surface area contributed by atoms with Crippen LogP contribution in [0.3, 0.4) is 0 Å². The van der Waals surface area contributed by atoms with E-state index in [1.165, 1.54) is 7.05 Å². The molecule has 0 aromatic rings. The summed E-state index contributed by atoms with van der Waals surface area (Å²) in [6, 6.07) is 0.162. The van der Waals surface area contributed by atoms with Crippen molar-refractivity contribution in [1.29, 1.82) is 5.26 Å². The third-order valence-corrected chi connectivity index (χ3v) is 4.27. The number of hydrogen-bond acceptors (Lipinski definition) is 4. The third kappa shape index (κ3) is 4.60. The average molecular weight is 277 g/mol. The molecule has 0 rings (SSSR count). The van der Waals surface area contributed by atoms with Crippen molar-refractivity contribution >= 4 is 16.2 Å². The van der Waals surface area contributed by atoms with E-state index in [1.807, 2.05) is 6.07 Å². The Labute approximate surface area is 108 Å². The zero-order valence-electron chi connectivity index (χ0n) is 10.9. The lowest BCUT2D eigenvalue weighted by molar-refractivity contribution is -0.140. The molecule has 0 amide bonds. The van der Waals surface area contributed by atoms with Crippen LogP contribution in [0.2, 0.25) is 0 Å². The van der Waals surface area contributed by atoms with Gasteiger partial charge in [0.25, 0.3) is 10.2 Å². The first-order valence-electron chi connectivity index (χ1n) is 5.48. The number of nitrogens with zero attached hydrogens (tertiary/aromatic N) is 2. The minimum atomic E-state index is -3.92. The second-order valence-corrected chi connectivity index (χ2v) is 6.17. The molecule has 0 aliphatic heterocycles. The zero-order valence-corrected chi connectivity index (χ0v) is 11.7. The van der Waals surface area contributed by atoms with Crippen molar-refractivity contribution in [3.63, 3.8) is 0 Å². The van der Waals surface area contributed by atoms with E-state index in [4.69, 9.17) is 10.4 Å². The maximum Gasteiger partial charge on any atom is 0.322 e. The summed E-state index contributed by atoms with van der Waals surface area (Å²) in [6.45, 7) is 4.80. The van der Waals surface area contributed by atoms with E-state index < -0.39 is 28.3 Å². The summed E-state index contributed by atoms with van der Waals surface area (Å²) in [4.78, 5) is 10.9. The fourth-order valence-electron chi connectivity index (χ4n) is 1.21. The number of carbonyl (C=O) groups is 1. The molecule has 0 aromatic heterocycles. The largest absolute Gasteiger partial charge is 0.480 e. The molecular weight excluding hydrogens is 258 g/mol. The molecule has 0 saturated heterocycles. The molecule has 18 heavy (non-hydrogen) atoms. The molecule has 0 heterocycles. The van der Waals surface area contributed by atoms with Gasteiger partial charge in [0.15, 0.2) is 0 Å². The van der Waals surface area contributed by atoms with E-state index in [0.29, 0.717) is 0 Å². The van der Waals surface area contributed by atoms with Crippen LogP contribution in [0.1, 0.15) is 27.2 Å². The van der Waals surface area contributed by atoms with E-state index >= 15 is 0 Å². The number of rotatable bonds is 7. The van der Waals surface area contributed by atoms with Crippen molar-refractivity contribution in [2.24, 2.45) is 5.92 Å². The number of nitriles is 1. The first-order valence-corrected chi connectivity index (χ1v) is 6.92. The van der Waals surface area contributed by atoms with E-state index in [2.05, 4.69) is 4.72 Å². The number of nitrogens with one attached hydrogen (secondary N) is 1. The van der Waals surface area contributed by atoms with Gasteiger partial charge in [-0.2, -0.15) is 22.7 Å². The van der Waals surface area contributed by atoms with Crippen LogP contribution >= 0.6 is 0 Å². The second-order valence-electron chi connectivity index (χ2n) is 4.41. The van der Waals surface area contributed by atoms with Gasteiger partial charge in [0.05, 0.1) is 12.5 Å².